The summed E-state index contributed by atoms with van der Waals surface area (Å²) >= 11 is 6.24. The molecule has 1 aliphatic rings. The number of piperazine rings is 1. The van der Waals surface area contributed by atoms with E-state index in [4.69, 9.17) is 11.6 Å². The van der Waals surface area contributed by atoms with Gasteiger partial charge in [0.2, 0.25) is 5.91 Å². The van der Waals surface area contributed by atoms with E-state index in [1.807, 2.05) is 24.3 Å². The Hall–Kier alpha value is -2.38. The van der Waals surface area contributed by atoms with Crippen LogP contribution >= 0.6 is 11.6 Å². The molecule has 3 rings (SSSR count). The number of alkyl halides is 2. The van der Waals surface area contributed by atoms with Gasteiger partial charge in [0.1, 0.15) is 5.75 Å². The Labute approximate surface area is 161 Å². The molecule has 0 bridgehead atoms. The van der Waals surface area contributed by atoms with Crippen molar-refractivity contribution in [1.82, 2.24) is 4.90 Å². The summed E-state index contributed by atoms with van der Waals surface area (Å²) in [6, 6.07) is 13.6. The lowest BCUT2D eigenvalue weighted by Crippen LogP contribution is -2.48. The zero-order valence-corrected chi connectivity index (χ0v) is 15.3. The summed E-state index contributed by atoms with van der Waals surface area (Å²) in [4.78, 5) is 16.5. The van der Waals surface area contributed by atoms with Crippen molar-refractivity contribution < 1.29 is 18.3 Å². The second kappa shape index (κ2) is 9.01. The average Bonchev–Trinajstić information content (AvgIpc) is 2.64. The van der Waals surface area contributed by atoms with Crippen LogP contribution in [0.3, 0.4) is 0 Å². The first-order valence-corrected chi connectivity index (χ1v) is 8.95. The van der Waals surface area contributed by atoms with Crippen molar-refractivity contribution in [3.05, 3.63) is 53.6 Å². The maximum atomic E-state index is 12.2. The topological polar surface area (TPSA) is 44.8 Å². The first-order valence-electron chi connectivity index (χ1n) is 8.58. The van der Waals surface area contributed by atoms with Gasteiger partial charge in [-0.2, -0.15) is 8.78 Å². The van der Waals surface area contributed by atoms with E-state index >= 15 is 0 Å². The van der Waals surface area contributed by atoms with Gasteiger partial charge in [-0.05, 0) is 36.4 Å². The number of hydrogen-bond acceptors (Lipinski definition) is 4. The van der Waals surface area contributed by atoms with Crippen LogP contribution in [0, 0.1) is 0 Å². The third kappa shape index (κ3) is 5.55. The van der Waals surface area contributed by atoms with Crippen LogP contribution < -0.4 is 15.0 Å². The summed E-state index contributed by atoms with van der Waals surface area (Å²) in [5, 5.41) is 3.49. The molecule has 0 atom stereocenters. The molecule has 2 aromatic carbocycles. The van der Waals surface area contributed by atoms with Crippen molar-refractivity contribution in [2.75, 3.05) is 42.9 Å². The smallest absolute Gasteiger partial charge is 0.387 e. The van der Waals surface area contributed by atoms with Crippen molar-refractivity contribution >= 4 is 28.9 Å². The number of carbonyl (C=O) groups excluding carboxylic acids is 1. The molecule has 0 unspecified atom stereocenters. The third-order valence-corrected chi connectivity index (χ3v) is 4.62. The van der Waals surface area contributed by atoms with Gasteiger partial charge < -0.3 is 15.0 Å². The summed E-state index contributed by atoms with van der Waals surface area (Å²) in [5.74, 6) is -0.0950. The highest BCUT2D eigenvalue weighted by atomic mass is 35.5. The number of hydrogen-bond donors (Lipinski definition) is 1. The molecule has 1 amide bonds. The SMILES string of the molecule is O=C(CN1CCN(c2ccccc2Cl)CC1)Nc1ccc(OC(F)F)cc1. The van der Waals surface area contributed by atoms with E-state index in [-0.39, 0.29) is 18.2 Å². The van der Waals surface area contributed by atoms with Gasteiger partial charge in [-0.25, -0.2) is 0 Å². The van der Waals surface area contributed by atoms with E-state index in [1.165, 1.54) is 24.3 Å². The lowest BCUT2D eigenvalue weighted by Gasteiger charge is -2.36. The van der Waals surface area contributed by atoms with E-state index in [0.717, 1.165) is 36.9 Å². The van der Waals surface area contributed by atoms with Crippen molar-refractivity contribution in [1.29, 1.82) is 0 Å². The Balaban J connectivity index is 1.46. The molecular weight excluding hydrogens is 376 g/mol. The van der Waals surface area contributed by atoms with E-state index in [1.54, 1.807) is 0 Å². The van der Waals surface area contributed by atoms with Gasteiger partial charge in [0.05, 0.1) is 17.3 Å². The molecule has 5 nitrogen and oxygen atoms in total. The number of halogens is 3. The highest BCUT2D eigenvalue weighted by Crippen LogP contribution is 2.26. The second-order valence-corrected chi connectivity index (χ2v) is 6.57. The highest BCUT2D eigenvalue weighted by Gasteiger charge is 2.20. The minimum atomic E-state index is -2.87. The first kappa shape index (κ1) is 19.4. The van der Waals surface area contributed by atoms with Gasteiger partial charge in [0.15, 0.2) is 0 Å². The predicted octanol–water partition coefficient (Wildman–Crippen LogP) is 3.70. The summed E-state index contributed by atoms with van der Waals surface area (Å²) in [6.45, 7) is 0.480. The maximum Gasteiger partial charge on any atom is 0.387 e. The number of nitrogens with one attached hydrogen (secondary N) is 1. The average molecular weight is 396 g/mol. The van der Waals surface area contributed by atoms with Crippen molar-refractivity contribution in [2.24, 2.45) is 0 Å². The van der Waals surface area contributed by atoms with E-state index < -0.39 is 6.61 Å². The van der Waals surface area contributed by atoms with Crippen LogP contribution in [0.25, 0.3) is 0 Å². The van der Waals surface area contributed by atoms with Crippen LogP contribution in [0.4, 0.5) is 20.2 Å². The molecule has 1 saturated heterocycles. The Morgan fingerprint density at radius 1 is 1.07 bits per heavy atom. The minimum absolute atomic E-state index is 0.0543. The van der Waals surface area contributed by atoms with Gasteiger partial charge in [-0.1, -0.05) is 23.7 Å². The van der Waals surface area contributed by atoms with Gasteiger partial charge in [-0.15, -0.1) is 0 Å². The Morgan fingerprint density at radius 3 is 2.37 bits per heavy atom. The number of ether oxygens (including phenoxy) is 1. The Bertz CT molecular complexity index is 766. The molecule has 1 heterocycles. The van der Waals surface area contributed by atoms with Crippen LogP contribution in [-0.2, 0) is 4.79 Å². The number of benzene rings is 2. The van der Waals surface area contributed by atoms with Crippen LogP contribution in [0.2, 0.25) is 5.02 Å². The molecule has 144 valence electrons. The molecule has 27 heavy (non-hydrogen) atoms. The fourth-order valence-electron chi connectivity index (χ4n) is 2.98. The monoisotopic (exact) mass is 395 g/mol. The van der Waals surface area contributed by atoms with E-state index in [2.05, 4.69) is 19.9 Å². The number of anilines is 2. The zero-order valence-electron chi connectivity index (χ0n) is 14.6. The summed E-state index contributed by atoms with van der Waals surface area (Å²) < 4.78 is 28.6. The van der Waals surface area contributed by atoms with Crippen LogP contribution in [0.15, 0.2) is 48.5 Å². The molecule has 1 N–H and O–H groups in total. The van der Waals surface area contributed by atoms with Crippen molar-refractivity contribution in [3.63, 3.8) is 0 Å². The number of rotatable bonds is 6. The molecule has 0 aliphatic carbocycles. The van der Waals surface area contributed by atoms with Gasteiger partial charge in [0.25, 0.3) is 0 Å². The van der Waals surface area contributed by atoms with Gasteiger partial charge in [-0.3, -0.25) is 9.69 Å². The maximum absolute atomic E-state index is 12.2. The number of nitrogens with zero attached hydrogens (tertiary/aromatic N) is 2. The molecule has 0 radical (unpaired) electrons. The lowest BCUT2D eigenvalue weighted by atomic mass is 10.2. The fourth-order valence-corrected chi connectivity index (χ4v) is 3.23. The molecule has 1 fully saturated rings. The molecule has 1 aliphatic heterocycles. The summed E-state index contributed by atoms with van der Waals surface area (Å²) in [5.41, 5.74) is 1.55. The minimum Gasteiger partial charge on any atom is -0.435 e. The van der Waals surface area contributed by atoms with Crippen LogP contribution in [0.5, 0.6) is 5.75 Å². The normalized spacial score (nSPS) is 15.0. The zero-order chi connectivity index (χ0) is 19.2. The number of para-hydroxylation sites is 1. The Kier molecular flexibility index (Phi) is 6.47. The number of carbonyl (C=O) groups is 1. The molecule has 0 aromatic heterocycles. The van der Waals surface area contributed by atoms with E-state index in [0.29, 0.717) is 5.69 Å². The van der Waals surface area contributed by atoms with E-state index in [9.17, 15) is 13.6 Å². The number of amides is 1. The first-order chi connectivity index (χ1) is 13.0. The van der Waals surface area contributed by atoms with Crippen LogP contribution in [0.1, 0.15) is 0 Å². The molecule has 2 aromatic rings. The Morgan fingerprint density at radius 2 is 1.74 bits per heavy atom. The van der Waals surface area contributed by atoms with Gasteiger partial charge >= 0.3 is 6.61 Å². The van der Waals surface area contributed by atoms with Crippen LogP contribution in [-0.4, -0.2) is 50.1 Å². The third-order valence-electron chi connectivity index (χ3n) is 4.30. The summed E-state index contributed by atoms with van der Waals surface area (Å²) in [7, 11) is 0. The predicted molar refractivity (Wildman–Crippen MR) is 102 cm³/mol. The largest absolute Gasteiger partial charge is 0.435 e. The van der Waals surface area contributed by atoms with Gasteiger partial charge in [0, 0.05) is 31.9 Å². The molecule has 0 spiro atoms. The molecule has 8 heteroatoms. The van der Waals surface area contributed by atoms with Crippen molar-refractivity contribution in [2.45, 2.75) is 6.61 Å². The highest BCUT2D eigenvalue weighted by molar-refractivity contribution is 6.33. The standard InChI is InChI=1S/C19H20ClF2N3O2/c20-16-3-1-2-4-17(16)25-11-9-24(10-12-25)13-18(26)23-14-5-7-15(8-6-14)27-19(21)22/h1-8,19H,9-13H2,(H,23,26). The second-order valence-electron chi connectivity index (χ2n) is 6.17. The quantitative estimate of drug-likeness (QED) is 0.810. The summed E-state index contributed by atoms with van der Waals surface area (Å²) in [6.07, 6.45) is 0. The van der Waals surface area contributed by atoms with Crippen molar-refractivity contribution in [3.8, 4) is 5.75 Å². The lowest BCUT2D eigenvalue weighted by molar-refractivity contribution is -0.117. The fraction of sp³-hybridized carbons (Fsp3) is 0.316. The molecule has 0 saturated carbocycles. The molecular formula is C19H20ClF2N3O2.